The second-order valence-electron chi connectivity index (χ2n) is 6.59. The van der Waals surface area contributed by atoms with Crippen molar-refractivity contribution >= 4 is 23.0 Å². The maximum Gasteiger partial charge on any atom is 0.313 e. The first-order valence-electron chi connectivity index (χ1n) is 7.54. The number of ether oxygens (including phenoxy) is 2. The highest BCUT2D eigenvalue weighted by atomic mass is 16.5. The Balaban J connectivity index is 1.74. The zero-order chi connectivity index (χ0) is 16.0. The van der Waals surface area contributed by atoms with Crippen molar-refractivity contribution in [3.8, 4) is 0 Å². The second-order valence-corrected chi connectivity index (χ2v) is 6.59. The lowest BCUT2D eigenvalue weighted by Crippen LogP contribution is -2.76. The van der Waals surface area contributed by atoms with E-state index in [1.165, 1.54) is 14.2 Å². The molecule has 3 fully saturated rings. The predicted molar refractivity (Wildman–Crippen MR) is 78.5 cm³/mol. The largest absolute Gasteiger partial charge is 0.469 e. The molecule has 3 saturated carbocycles. The van der Waals surface area contributed by atoms with Gasteiger partial charge in [-0.05, 0) is 18.6 Å². The van der Waals surface area contributed by atoms with Crippen molar-refractivity contribution in [3.63, 3.8) is 0 Å². The number of carbonyl (C=O) groups excluding carboxylic acids is 2. The van der Waals surface area contributed by atoms with Gasteiger partial charge in [-0.25, -0.2) is 9.97 Å². The van der Waals surface area contributed by atoms with Crippen LogP contribution >= 0.6 is 0 Å². The first-order chi connectivity index (χ1) is 11.1. The van der Waals surface area contributed by atoms with Crippen LogP contribution < -0.4 is 0 Å². The van der Waals surface area contributed by atoms with Gasteiger partial charge in [-0.2, -0.15) is 0 Å². The number of nitrogens with zero attached hydrogens (tertiary/aromatic N) is 2. The predicted octanol–water partition coefficient (Wildman–Crippen LogP) is 1.55. The van der Waals surface area contributed by atoms with Crippen LogP contribution in [-0.2, 0) is 19.1 Å². The molecule has 5 aliphatic rings. The molecule has 5 aliphatic carbocycles. The van der Waals surface area contributed by atoms with Crippen LogP contribution in [-0.4, -0.2) is 36.1 Å². The van der Waals surface area contributed by atoms with Gasteiger partial charge < -0.3 is 9.47 Å². The number of hydrogen-bond donors (Lipinski definition) is 0. The molecule has 1 heterocycles. The van der Waals surface area contributed by atoms with Crippen LogP contribution in [0.2, 0.25) is 0 Å². The van der Waals surface area contributed by atoms with Crippen molar-refractivity contribution in [3.05, 3.63) is 35.7 Å². The van der Waals surface area contributed by atoms with Gasteiger partial charge in [0.2, 0.25) is 0 Å². The lowest BCUT2D eigenvalue weighted by atomic mass is 9.26. The number of hydrogen-bond acceptors (Lipinski definition) is 6. The van der Waals surface area contributed by atoms with Crippen LogP contribution in [0.4, 0.5) is 0 Å². The van der Waals surface area contributed by atoms with Gasteiger partial charge in [0.25, 0.3) is 0 Å². The normalized spacial score (nSPS) is 35.0. The number of rotatable bonds is 2. The number of benzene rings is 1. The van der Waals surface area contributed by atoms with E-state index in [1.54, 1.807) is 0 Å². The Bertz CT molecular complexity index is 826. The van der Waals surface area contributed by atoms with Crippen molar-refractivity contribution in [2.75, 3.05) is 14.2 Å². The van der Waals surface area contributed by atoms with Gasteiger partial charge >= 0.3 is 11.9 Å². The smallest absolute Gasteiger partial charge is 0.313 e. The van der Waals surface area contributed by atoms with Gasteiger partial charge in [-0.3, -0.25) is 9.59 Å². The van der Waals surface area contributed by atoms with E-state index < -0.39 is 10.8 Å². The lowest BCUT2D eigenvalue weighted by molar-refractivity contribution is -0.255. The molecule has 1 aromatic heterocycles. The van der Waals surface area contributed by atoms with E-state index in [9.17, 15) is 9.59 Å². The summed E-state index contributed by atoms with van der Waals surface area (Å²) in [5, 5.41) is 0. The SMILES string of the molecule is COC(=O)C12CC3(C(=O)OC)C1c1nc4ccccc4nc1C23. The second kappa shape index (κ2) is 3.69. The summed E-state index contributed by atoms with van der Waals surface area (Å²) >= 11 is 0. The average Bonchev–Trinajstić information content (AvgIpc) is 2.92. The van der Waals surface area contributed by atoms with E-state index in [4.69, 9.17) is 19.4 Å². The van der Waals surface area contributed by atoms with Crippen molar-refractivity contribution in [1.82, 2.24) is 9.97 Å². The van der Waals surface area contributed by atoms with Crippen molar-refractivity contribution in [2.45, 2.75) is 18.3 Å². The Morgan fingerprint density at radius 2 is 1.39 bits per heavy atom. The molecule has 0 N–H and O–H groups in total. The Kier molecular flexibility index (Phi) is 2.09. The molecule has 0 radical (unpaired) electrons. The summed E-state index contributed by atoms with van der Waals surface area (Å²) < 4.78 is 10.0. The fraction of sp³-hybridized carbons (Fsp3) is 0.412. The molecule has 23 heavy (non-hydrogen) atoms. The third-order valence-corrected chi connectivity index (χ3v) is 5.95. The molecule has 0 saturated heterocycles. The molecule has 0 unspecified atom stereocenters. The summed E-state index contributed by atoms with van der Waals surface area (Å²) in [6.07, 6.45) is 0.461. The number of para-hydroxylation sites is 2. The van der Waals surface area contributed by atoms with Gasteiger partial charge in [0.15, 0.2) is 0 Å². The molecule has 1 aromatic carbocycles. The van der Waals surface area contributed by atoms with E-state index in [2.05, 4.69) is 0 Å². The molecule has 6 heteroatoms. The Hall–Kier alpha value is -2.50. The molecule has 116 valence electrons. The van der Waals surface area contributed by atoms with Gasteiger partial charge in [-0.1, -0.05) is 12.1 Å². The minimum Gasteiger partial charge on any atom is -0.469 e. The fourth-order valence-electron chi connectivity index (χ4n) is 5.21. The molecule has 0 aliphatic heterocycles. The summed E-state index contributed by atoms with van der Waals surface area (Å²) in [7, 11) is 2.77. The van der Waals surface area contributed by atoms with Crippen LogP contribution in [0.15, 0.2) is 24.3 Å². The van der Waals surface area contributed by atoms with Gasteiger partial charge in [0.1, 0.15) is 0 Å². The van der Waals surface area contributed by atoms with Crippen LogP contribution in [0.3, 0.4) is 0 Å². The standard InChI is InChI=1S/C17H14N2O4/c1-22-14(20)16-7-17(15(21)23-2)12(16)10-11(13(16)17)19-9-6-4-3-5-8(9)18-10/h3-6,12-13H,7H2,1-2H3. The molecule has 6 nitrogen and oxygen atoms in total. The fourth-order valence-corrected chi connectivity index (χ4v) is 5.21. The van der Waals surface area contributed by atoms with Gasteiger partial charge in [0.05, 0.1) is 47.5 Å². The number of esters is 2. The zero-order valence-corrected chi connectivity index (χ0v) is 12.7. The summed E-state index contributed by atoms with van der Waals surface area (Å²) in [5.74, 6) is -1.09. The summed E-state index contributed by atoms with van der Waals surface area (Å²) in [5.41, 5.74) is 1.72. The maximum atomic E-state index is 12.4. The summed E-state index contributed by atoms with van der Waals surface area (Å²) in [6, 6.07) is 7.57. The number of carbonyl (C=O) groups is 2. The molecular formula is C17H14N2O4. The molecule has 0 spiro atoms. The summed E-state index contributed by atoms with van der Waals surface area (Å²) in [4.78, 5) is 34.2. The highest BCUT2D eigenvalue weighted by Crippen LogP contribution is 2.92. The van der Waals surface area contributed by atoms with Crippen LogP contribution in [0.25, 0.3) is 11.0 Å². The van der Waals surface area contributed by atoms with E-state index in [-0.39, 0.29) is 23.8 Å². The van der Waals surface area contributed by atoms with Crippen molar-refractivity contribution < 1.29 is 19.1 Å². The number of fused-ring (bicyclic) bond motifs is 1. The monoisotopic (exact) mass is 310 g/mol. The van der Waals surface area contributed by atoms with E-state index in [0.717, 1.165) is 22.4 Å². The molecule has 2 aromatic rings. The third-order valence-electron chi connectivity index (χ3n) is 5.95. The zero-order valence-electron chi connectivity index (χ0n) is 12.7. The minimum atomic E-state index is -0.678. The molecule has 0 atom stereocenters. The topological polar surface area (TPSA) is 78.4 Å². The lowest BCUT2D eigenvalue weighted by Gasteiger charge is -2.72. The number of methoxy groups -OCH3 is 2. The van der Waals surface area contributed by atoms with Gasteiger partial charge in [-0.15, -0.1) is 0 Å². The quantitative estimate of drug-likeness (QED) is 0.783. The van der Waals surface area contributed by atoms with Crippen LogP contribution in [0, 0.1) is 10.8 Å². The number of aromatic nitrogens is 2. The first-order valence-corrected chi connectivity index (χ1v) is 7.54. The minimum absolute atomic E-state index is 0.271. The average molecular weight is 310 g/mol. The highest BCUT2D eigenvalue weighted by Gasteiger charge is 2.94. The van der Waals surface area contributed by atoms with Gasteiger partial charge in [0, 0.05) is 11.8 Å². The Labute approximate surface area is 131 Å². The van der Waals surface area contributed by atoms with Crippen LogP contribution in [0.1, 0.15) is 29.6 Å². The molecular weight excluding hydrogens is 296 g/mol. The Morgan fingerprint density at radius 3 is 1.78 bits per heavy atom. The summed E-state index contributed by atoms with van der Waals surface area (Å²) in [6.45, 7) is 0. The van der Waals surface area contributed by atoms with E-state index in [0.29, 0.717) is 6.42 Å². The van der Waals surface area contributed by atoms with Crippen molar-refractivity contribution in [1.29, 1.82) is 0 Å². The molecule has 0 amide bonds. The molecule has 7 rings (SSSR count). The van der Waals surface area contributed by atoms with Crippen molar-refractivity contribution in [2.24, 2.45) is 10.8 Å². The molecule has 4 bridgehead atoms. The highest BCUT2D eigenvalue weighted by molar-refractivity contribution is 5.99. The Morgan fingerprint density at radius 1 is 0.957 bits per heavy atom. The van der Waals surface area contributed by atoms with E-state index in [1.807, 2.05) is 24.3 Å². The first kappa shape index (κ1) is 13.0. The van der Waals surface area contributed by atoms with E-state index >= 15 is 0 Å². The van der Waals surface area contributed by atoms with Crippen LogP contribution in [0.5, 0.6) is 0 Å². The maximum absolute atomic E-state index is 12.4. The third kappa shape index (κ3) is 1.08.